The molecule has 368 valence electrons. The smallest absolute Gasteiger partial charge is 0.462 e. The van der Waals surface area contributed by atoms with Crippen molar-refractivity contribution >= 4 is 27.6 Å². The van der Waals surface area contributed by atoms with E-state index in [1.807, 2.05) is 0 Å². The van der Waals surface area contributed by atoms with Crippen molar-refractivity contribution in [1.82, 2.24) is 0 Å². The molecular weight excluding hydrogens is 858 g/mol. The van der Waals surface area contributed by atoms with Crippen LogP contribution in [0.3, 0.4) is 0 Å². The molecule has 0 aromatic heterocycles. The van der Waals surface area contributed by atoms with Crippen LogP contribution in [0.5, 0.6) is 0 Å². The predicted molar refractivity (Wildman–Crippen MR) is 243 cm³/mol. The van der Waals surface area contributed by atoms with Crippen LogP contribution in [-0.2, 0) is 41.8 Å². The van der Waals surface area contributed by atoms with Gasteiger partial charge in [0.25, 0.3) is 0 Å². The topological polar surface area (TPSA) is 256 Å². The number of phosphoric acid groups is 2. The highest BCUT2D eigenvalue weighted by Gasteiger charge is 2.28. The van der Waals surface area contributed by atoms with Gasteiger partial charge in [0.1, 0.15) is 12.7 Å². The zero-order valence-corrected chi connectivity index (χ0v) is 40.0. The minimum absolute atomic E-state index is 0.0590. The van der Waals surface area contributed by atoms with Crippen molar-refractivity contribution in [3.8, 4) is 0 Å². The summed E-state index contributed by atoms with van der Waals surface area (Å²) in [4.78, 5) is 52.8. The number of rotatable bonds is 42. The van der Waals surface area contributed by atoms with Crippen molar-refractivity contribution in [1.29, 1.82) is 0 Å². The maximum Gasteiger partial charge on any atom is 0.472 e. The molecule has 1 unspecified atom stereocenters. The van der Waals surface area contributed by atoms with Crippen LogP contribution in [0.4, 0.5) is 0 Å². The summed E-state index contributed by atoms with van der Waals surface area (Å²) in [7, 11) is -9.79. The molecule has 0 saturated carbocycles. The van der Waals surface area contributed by atoms with E-state index < -0.39 is 84.5 Å². The molecule has 0 amide bonds. The molecule has 7 N–H and O–H groups in total. The van der Waals surface area contributed by atoms with E-state index in [2.05, 4.69) is 29.8 Å². The second kappa shape index (κ2) is 39.2. The van der Waals surface area contributed by atoms with E-state index in [-0.39, 0.29) is 25.7 Å². The Kier molecular flexibility index (Phi) is 37.9. The number of unbranched alkanes of at least 4 members (excludes halogenated alkanes) is 14. The first kappa shape index (κ1) is 61.0. The summed E-state index contributed by atoms with van der Waals surface area (Å²) in [5.74, 6) is -0.576. The summed E-state index contributed by atoms with van der Waals surface area (Å²) in [6.45, 7) is 3.59. The minimum atomic E-state index is -4.90. The number of phosphoric ester groups is 2. The number of carbonyl (C=O) groups is 2. The van der Waals surface area contributed by atoms with Crippen molar-refractivity contribution in [2.24, 2.45) is 5.92 Å². The zero-order chi connectivity index (χ0) is 47.2. The van der Waals surface area contributed by atoms with Gasteiger partial charge in [-0.25, -0.2) is 9.13 Å². The highest BCUT2D eigenvalue weighted by molar-refractivity contribution is 7.47. The highest BCUT2D eigenvalue weighted by Crippen LogP contribution is 2.43. The normalized spacial score (nSPS) is 16.0. The fourth-order valence-electron chi connectivity index (χ4n) is 6.09. The maximum absolute atomic E-state index is 12.7. The SMILES string of the molecule is CCCCC[C@@H](O)/C=C/C=C\C=C\C=C\[C@@H](O)[C@H](O)CCCC(=O)OC[C@H](COP(=O)(O)OC[C@@H](O)COP(=O)(O)O)OC(=O)CCCCCCCCCCCCCCCC(C)C. The van der Waals surface area contributed by atoms with Crippen LogP contribution in [0.25, 0.3) is 0 Å². The number of aliphatic hydroxyl groups is 4. The quantitative estimate of drug-likeness (QED) is 0.0131. The van der Waals surface area contributed by atoms with E-state index in [0.717, 1.165) is 57.3 Å². The van der Waals surface area contributed by atoms with Crippen LogP contribution >= 0.6 is 15.6 Å². The number of hydrogen-bond donors (Lipinski definition) is 7. The van der Waals surface area contributed by atoms with Gasteiger partial charge in [0, 0.05) is 12.8 Å². The molecule has 0 radical (unpaired) electrons. The first-order valence-electron chi connectivity index (χ1n) is 23.0. The molecule has 0 spiro atoms. The molecule has 0 aliphatic heterocycles. The third kappa shape index (κ3) is 42.4. The second-order valence-electron chi connectivity index (χ2n) is 16.4. The lowest BCUT2D eigenvalue weighted by molar-refractivity contribution is -0.161. The molecule has 0 aliphatic rings. The van der Waals surface area contributed by atoms with Crippen molar-refractivity contribution < 1.29 is 76.9 Å². The van der Waals surface area contributed by atoms with Crippen LogP contribution in [0.1, 0.15) is 162 Å². The van der Waals surface area contributed by atoms with Gasteiger partial charge in [0.2, 0.25) is 0 Å². The van der Waals surface area contributed by atoms with E-state index in [9.17, 15) is 44.0 Å². The number of esters is 2. The number of aliphatic hydroxyl groups excluding tert-OH is 4. The van der Waals surface area contributed by atoms with Gasteiger partial charge in [0.15, 0.2) is 6.10 Å². The van der Waals surface area contributed by atoms with Crippen molar-refractivity contribution in [3.63, 3.8) is 0 Å². The Morgan fingerprint density at radius 3 is 1.60 bits per heavy atom. The highest BCUT2D eigenvalue weighted by atomic mass is 31.2. The molecule has 18 heteroatoms. The van der Waals surface area contributed by atoms with Gasteiger partial charge in [0.05, 0.1) is 38.1 Å². The van der Waals surface area contributed by atoms with E-state index in [4.69, 9.17) is 23.8 Å². The predicted octanol–water partition coefficient (Wildman–Crippen LogP) is 8.61. The minimum Gasteiger partial charge on any atom is -0.462 e. The van der Waals surface area contributed by atoms with E-state index in [1.165, 1.54) is 63.9 Å². The fourth-order valence-corrected chi connectivity index (χ4v) is 7.25. The lowest BCUT2D eigenvalue weighted by atomic mass is 10.0. The molecule has 0 aromatic carbocycles. The van der Waals surface area contributed by atoms with Gasteiger partial charge >= 0.3 is 27.6 Å². The molecule has 63 heavy (non-hydrogen) atoms. The molecular formula is C45H82O16P2. The number of carbonyl (C=O) groups excluding carboxylic acids is 2. The monoisotopic (exact) mass is 941 g/mol. The van der Waals surface area contributed by atoms with Crippen molar-refractivity contribution in [2.45, 2.75) is 193 Å². The van der Waals surface area contributed by atoms with E-state index in [1.54, 1.807) is 42.5 Å². The first-order chi connectivity index (χ1) is 29.9. The van der Waals surface area contributed by atoms with Crippen molar-refractivity contribution in [2.75, 3.05) is 26.4 Å². The Bertz CT molecular complexity index is 1360. The number of ether oxygens (including phenoxy) is 2. The van der Waals surface area contributed by atoms with Gasteiger partial charge < -0.3 is 44.6 Å². The van der Waals surface area contributed by atoms with Gasteiger partial charge in [-0.3, -0.25) is 23.2 Å². The largest absolute Gasteiger partial charge is 0.472 e. The molecule has 0 fully saturated rings. The summed E-state index contributed by atoms with van der Waals surface area (Å²) in [6.07, 6.45) is 27.6. The summed E-state index contributed by atoms with van der Waals surface area (Å²) >= 11 is 0. The van der Waals surface area contributed by atoms with Gasteiger partial charge in [-0.2, -0.15) is 0 Å². The summed E-state index contributed by atoms with van der Waals surface area (Å²) < 4.78 is 47.6. The molecule has 0 rings (SSSR count). The summed E-state index contributed by atoms with van der Waals surface area (Å²) in [6, 6.07) is 0. The average molecular weight is 941 g/mol. The van der Waals surface area contributed by atoms with Crippen LogP contribution in [0.15, 0.2) is 48.6 Å². The van der Waals surface area contributed by atoms with Crippen LogP contribution in [0.2, 0.25) is 0 Å². The van der Waals surface area contributed by atoms with Crippen LogP contribution in [0, 0.1) is 5.92 Å². The Morgan fingerprint density at radius 1 is 0.540 bits per heavy atom. The van der Waals surface area contributed by atoms with E-state index >= 15 is 0 Å². The van der Waals surface area contributed by atoms with Gasteiger partial charge in [-0.1, -0.05) is 172 Å². The Hall–Kier alpha value is -2.04. The lowest BCUT2D eigenvalue weighted by Gasteiger charge is -2.20. The maximum atomic E-state index is 12.7. The van der Waals surface area contributed by atoms with Gasteiger partial charge in [-0.15, -0.1) is 0 Å². The molecule has 16 nitrogen and oxygen atoms in total. The molecule has 0 saturated heterocycles. The third-order valence-electron chi connectivity index (χ3n) is 9.76. The average Bonchev–Trinajstić information content (AvgIpc) is 3.22. The van der Waals surface area contributed by atoms with Crippen LogP contribution < -0.4 is 0 Å². The second-order valence-corrected chi connectivity index (χ2v) is 19.1. The third-order valence-corrected chi connectivity index (χ3v) is 11.2. The first-order valence-corrected chi connectivity index (χ1v) is 26.0. The molecule has 0 bridgehead atoms. The molecule has 6 atom stereocenters. The standard InChI is InChI=1S/C45H82O16P2/c1-4-5-21-28-39(46)29-23-18-15-16-19-24-30-42(48)43(49)31-26-33-44(50)57-36-41(37-60-63(55,56)59-35-40(47)34-58-62(52,53)54)61-45(51)32-25-20-14-12-10-8-6-7-9-11-13-17-22-27-38(2)3/h15-16,18-19,23-24,29-30,38-43,46-49H,4-14,17,20-22,25-28,31-37H2,1-3H3,(H,55,56)(H2,52,53,54)/b18-15-,19-16+,29-23+,30-24+/t39-,40+,41-,42-,43-/m1/s1. The Balaban J connectivity index is 4.79. The molecule has 0 aromatic rings. The number of allylic oxidation sites excluding steroid dienone is 6. The summed E-state index contributed by atoms with van der Waals surface area (Å²) in [5, 5.41) is 40.2. The van der Waals surface area contributed by atoms with Gasteiger partial charge in [-0.05, 0) is 31.6 Å². The van der Waals surface area contributed by atoms with E-state index in [0.29, 0.717) is 6.42 Å². The zero-order valence-electron chi connectivity index (χ0n) is 38.2. The Morgan fingerprint density at radius 2 is 1.03 bits per heavy atom. The summed E-state index contributed by atoms with van der Waals surface area (Å²) in [5.41, 5.74) is 0. The van der Waals surface area contributed by atoms with Crippen molar-refractivity contribution in [3.05, 3.63) is 48.6 Å². The Labute approximate surface area is 377 Å². The molecule has 0 heterocycles. The molecule has 0 aliphatic carbocycles. The number of hydrogen-bond acceptors (Lipinski definition) is 13. The van der Waals surface area contributed by atoms with Crippen LogP contribution in [-0.4, -0.2) is 104 Å². The fraction of sp³-hybridized carbons (Fsp3) is 0.778. The lowest BCUT2D eigenvalue weighted by Crippen LogP contribution is -2.30.